The molecule has 2 aromatic rings. The second kappa shape index (κ2) is 8.98. The Labute approximate surface area is 176 Å². The largest absolute Gasteiger partial charge is 0.465 e. The second-order valence-electron chi connectivity index (χ2n) is 7.73. The minimum absolute atomic E-state index is 0.117. The molecule has 1 aliphatic heterocycles. The van der Waals surface area contributed by atoms with Gasteiger partial charge in [0.1, 0.15) is 6.04 Å². The van der Waals surface area contributed by atoms with Crippen molar-refractivity contribution in [2.24, 2.45) is 5.92 Å². The van der Waals surface area contributed by atoms with Crippen molar-refractivity contribution in [2.45, 2.75) is 33.2 Å². The molecule has 0 aromatic heterocycles. The van der Waals surface area contributed by atoms with Crippen molar-refractivity contribution in [3.63, 3.8) is 0 Å². The zero-order valence-corrected chi connectivity index (χ0v) is 17.7. The van der Waals surface area contributed by atoms with E-state index in [1.165, 1.54) is 7.11 Å². The first-order chi connectivity index (χ1) is 14.3. The summed E-state index contributed by atoms with van der Waals surface area (Å²) in [4.78, 5) is 39.7. The molecule has 3 rings (SSSR count). The lowest BCUT2D eigenvalue weighted by atomic mass is 10.0. The average Bonchev–Trinajstić information content (AvgIpc) is 3.15. The Kier molecular flexibility index (Phi) is 6.40. The van der Waals surface area contributed by atoms with Gasteiger partial charge in [-0.05, 0) is 48.6 Å². The summed E-state index contributed by atoms with van der Waals surface area (Å²) in [7, 11) is 1.29. The number of esters is 1. The Morgan fingerprint density at radius 1 is 1.10 bits per heavy atom. The normalized spacial score (nSPS) is 13.6. The number of carbonyl (C=O) groups is 3. The van der Waals surface area contributed by atoms with Gasteiger partial charge in [0.25, 0.3) is 0 Å². The number of anilines is 2. The van der Waals surface area contributed by atoms with E-state index in [2.05, 4.69) is 10.6 Å². The number of hydrogen-bond acceptors (Lipinski definition) is 4. The number of aryl methyl sites for hydroxylation is 1. The number of rotatable bonds is 5. The second-order valence-corrected chi connectivity index (χ2v) is 7.73. The number of ether oxygens (including phenoxy) is 1. The van der Waals surface area contributed by atoms with Crippen LogP contribution in [0.3, 0.4) is 0 Å². The quantitative estimate of drug-likeness (QED) is 0.740. The summed E-state index contributed by atoms with van der Waals surface area (Å²) in [6.07, 6.45) is 0.796. The molecule has 0 saturated heterocycles. The number of methoxy groups -OCH3 is 1. The molecule has 0 aliphatic carbocycles. The molecule has 0 saturated carbocycles. The highest BCUT2D eigenvalue weighted by Gasteiger charge is 2.33. The third-order valence-electron chi connectivity index (χ3n) is 5.20. The fourth-order valence-electron chi connectivity index (χ4n) is 3.60. The maximum Gasteiger partial charge on any atom is 0.339 e. The number of hydrogen-bond donors (Lipinski definition) is 2. The fourth-order valence-corrected chi connectivity index (χ4v) is 3.60. The molecule has 30 heavy (non-hydrogen) atoms. The standard InChI is InChI=1S/C23H27N3O4/c1-14(2)20(21(27)26-12-11-16-7-5-6-8-19(16)26)25-23(29)24-18-13-15(3)9-10-17(18)22(28)30-4/h5-10,13-14,20H,11-12H2,1-4H3,(H2,24,25,29)/t20-/m0/s1. The van der Waals surface area contributed by atoms with Gasteiger partial charge in [-0.3, -0.25) is 4.79 Å². The van der Waals surface area contributed by atoms with Crippen molar-refractivity contribution in [3.8, 4) is 0 Å². The molecule has 0 spiro atoms. The Morgan fingerprint density at radius 3 is 2.53 bits per heavy atom. The lowest BCUT2D eigenvalue weighted by Gasteiger charge is -2.27. The predicted molar refractivity (Wildman–Crippen MR) is 116 cm³/mol. The van der Waals surface area contributed by atoms with Gasteiger partial charge in [0.05, 0.1) is 18.4 Å². The first-order valence-electron chi connectivity index (χ1n) is 9.97. The summed E-state index contributed by atoms with van der Waals surface area (Å²) in [5, 5.41) is 5.48. The number of carbonyl (C=O) groups excluding carboxylic acids is 3. The molecule has 158 valence electrons. The van der Waals surface area contributed by atoms with Gasteiger partial charge < -0.3 is 20.3 Å². The minimum atomic E-state index is -0.706. The van der Waals surface area contributed by atoms with Crippen molar-refractivity contribution in [3.05, 3.63) is 59.2 Å². The van der Waals surface area contributed by atoms with E-state index in [0.29, 0.717) is 12.2 Å². The topological polar surface area (TPSA) is 87.7 Å². The third-order valence-corrected chi connectivity index (χ3v) is 5.20. The van der Waals surface area contributed by atoms with Crippen molar-refractivity contribution in [2.75, 3.05) is 23.9 Å². The SMILES string of the molecule is COC(=O)c1ccc(C)cc1NC(=O)N[C@H](C(=O)N1CCc2ccccc21)C(C)C. The highest BCUT2D eigenvalue weighted by molar-refractivity contribution is 6.04. The van der Waals surface area contributed by atoms with Gasteiger partial charge in [-0.1, -0.05) is 38.1 Å². The van der Waals surface area contributed by atoms with Crippen LogP contribution in [-0.4, -0.2) is 37.6 Å². The number of benzene rings is 2. The number of nitrogens with one attached hydrogen (secondary N) is 2. The van der Waals surface area contributed by atoms with Crippen LogP contribution in [0.4, 0.5) is 16.2 Å². The Balaban J connectivity index is 1.77. The summed E-state index contributed by atoms with van der Waals surface area (Å²) in [6.45, 7) is 6.22. The van der Waals surface area contributed by atoms with Crippen molar-refractivity contribution < 1.29 is 19.1 Å². The molecular formula is C23H27N3O4. The van der Waals surface area contributed by atoms with Crippen LogP contribution < -0.4 is 15.5 Å². The number of nitrogens with zero attached hydrogens (tertiary/aromatic N) is 1. The van der Waals surface area contributed by atoms with Crippen LogP contribution in [0.5, 0.6) is 0 Å². The maximum absolute atomic E-state index is 13.2. The zero-order chi connectivity index (χ0) is 21.8. The van der Waals surface area contributed by atoms with E-state index in [4.69, 9.17) is 4.74 Å². The van der Waals surface area contributed by atoms with E-state index >= 15 is 0 Å². The van der Waals surface area contributed by atoms with Gasteiger partial charge in [-0.25, -0.2) is 9.59 Å². The molecule has 1 atom stereocenters. The van der Waals surface area contributed by atoms with Gasteiger partial charge in [-0.15, -0.1) is 0 Å². The van der Waals surface area contributed by atoms with Crippen LogP contribution in [0.25, 0.3) is 0 Å². The number of urea groups is 1. The van der Waals surface area contributed by atoms with E-state index in [-0.39, 0.29) is 17.4 Å². The van der Waals surface area contributed by atoms with Crippen molar-refractivity contribution in [1.29, 1.82) is 0 Å². The highest BCUT2D eigenvalue weighted by atomic mass is 16.5. The van der Waals surface area contributed by atoms with Crippen LogP contribution in [0.2, 0.25) is 0 Å². The molecule has 1 aliphatic rings. The smallest absolute Gasteiger partial charge is 0.339 e. The highest BCUT2D eigenvalue weighted by Crippen LogP contribution is 2.28. The molecule has 2 N–H and O–H groups in total. The zero-order valence-electron chi connectivity index (χ0n) is 17.7. The first-order valence-corrected chi connectivity index (χ1v) is 9.97. The average molecular weight is 409 g/mol. The Hall–Kier alpha value is -3.35. The molecule has 2 aromatic carbocycles. The van der Waals surface area contributed by atoms with Crippen LogP contribution in [-0.2, 0) is 16.0 Å². The van der Waals surface area contributed by atoms with E-state index in [1.54, 1.807) is 23.1 Å². The molecule has 0 fully saturated rings. The molecule has 1 heterocycles. The summed E-state index contributed by atoms with van der Waals surface area (Å²) in [5.41, 5.74) is 3.48. The lowest BCUT2D eigenvalue weighted by molar-refractivity contribution is -0.121. The number of para-hydroxylation sites is 1. The van der Waals surface area contributed by atoms with Gasteiger partial charge in [0.2, 0.25) is 5.91 Å². The van der Waals surface area contributed by atoms with E-state index in [9.17, 15) is 14.4 Å². The van der Waals surface area contributed by atoms with Crippen LogP contribution in [0.15, 0.2) is 42.5 Å². The molecule has 7 nitrogen and oxygen atoms in total. The fraction of sp³-hybridized carbons (Fsp3) is 0.348. The van der Waals surface area contributed by atoms with E-state index in [1.807, 2.05) is 45.0 Å². The van der Waals surface area contributed by atoms with Crippen LogP contribution in [0, 0.1) is 12.8 Å². The van der Waals surface area contributed by atoms with Gasteiger partial charge in [-0.2, -0.15) is 0 Å². The summed E-state index contributed by atoms with van der Waals surface area (Å²) in [5.74, 6) is -0.813. The van der Waals surface area contributed by atoms with Crippen LogP contribution >= 0.6 is 0 Å². The Bertz CT molecular complexity index is 971. The summed E-state index contributed by atoms with van der Waals surface area (Å²) < 4.78 is 4.79. The van der Waals surface area contributed by atoms with Gasteiger partial charge in [0, 0.05) is 12.2 Å². The summed E-state index contributed by atoms with van der Waals surface area (Å²) >= 11 is 0. The molecule has 0 radical (unpaired) electrons. The molecule has 7 heteroatoms. The Morgan fingerprint density at radius 2 is 1.83 bits per heavy atom. The third kappa shape index (κ3) is 4.45. The molecule has 3 amide bonds. The maximum atomic E-state index is 13.2. The molecule has 0 bridgehead atoms. The van der Waals surface area contributed by atoms with Crippen molar-refractivity contribution >= 4 is 29.3 Å². The lowest BCUT2D eigenvalue weighted by Crippen LogP contribution is -2.52. The molecular weight excluding hydrogens is 382 g/mol. The van der Waals surface area contributed by atoms with Gasteiger partial charge >= 0.3 is 12.0 Å². The molecule has 0 unspecified atom stereocenters. The number of amides is 3. The summed E-state index contributed by atoms with van der Waals surface area (Å²) in [6, 6.07) is 11.6. The van der Waals surface area contributed by atoms with Crippen LogP contribution in [0.1, 0.15) is 35.3 Å². The van der Waals surface area contributed by atoms with E-state index in [0.717, 1.165) is 23.2 Å². The predicted octanol–water partition coefficient (Wildman–Crippen LogP) is 3.52. The van der Waals surface area contributed by atoms with Gasteiger partial charge in [0.15, 0.2) is 0 Å². The van der Waals surface area contributed by atoms with E-state index < -0.39 is 18.0 Å². The number of fused-ring (bicyclic) bond motifs is 1. The first kappa shape index (κ1) is 21.4. The minimum Gasteiger partial charge on any atom is -0.465 e. The monoisotopic (exact) mass is 409 g/mol. The van der Waals surface area contributed by atoms with Crippen molar-refractivity contribution in [1.82, 2.24) is 5.32 Å².